The fourth-order valence-electron chi connectivity index (χ4n) is 3.72. The zero-order valence-electron chi connectivity index (χ0n) is 12.0. The average molecular weight is 257 g/mol. The molecule has 1 aromatic rings. The molecule has 1 aromatic carbocycles. The Kier molecular flexibility index (Phi) is 2.73. The Bertz CT molecular complexity index is 531. The molecule has 1 aliphatic carbocycles. The first-order valence-electron chi connectivity index (χ1n) is 7.11. The van der Waals surface area contributed by atoms with E-state index < -0.39 is 0 Å². The van der Waals surface area contributed by atoms with E-state index in [9.17, 15) is 0 Å². The molecular formula is C16H23N3. The lowest BCUT2D eigenvalue weighted by Crippen LogP contribution is -2.35. The first-order chi connectivity index (χ1) is 9.04. The van der Waals surface area contributed by atoms with Gasteiger partial charge in [0.15, 0.2) is 0 Å². The first kappa shape index (κ1) is 12.4. The van der Waals surface area contributed by atoms with Gasteiger partial charge in [-0.05, 0) is 29.4 Å². The maximum atomic E-state index is 6.08. The van der Waals surface area contributed by atoms with E-state index in [0.717, 1.165) is 25.3 Å². The minimum absolute atomic E-state index is 0.246. The van der Waals surface area contributed by atoms with Crippen LogP contribution >= 0.6 is 0 Å². The van der Waals surface area contributed by atoms with Crippen LogP contribution in [0.1, 0.15) is 44.4 Å². The van der Waals surface area contributed by atoms with Crippen LogP contribution in [0.15, 0.2) is 35.8 Å². The summed E-state index contributed by atoms with van der Waals surface area (Å²) in [5.74, 6) is 0.850. The molecule has 1 unspecified atom stereocenters. The molecule has 0 spiro atoms. The first-order valence-corrected chi connectivity index (χ1v) is 7.11. The van der Waals surface area contributed by atoms with E-state index in [-0.39, 0.29) is 5.41 Å². The Morgan fingerprint density at radius 1 is 1.37 bits per heavy atom. The van der Waals surface area contributed by atoms with Crippen molar-refractivity contribution in [1.82, 2.24) is 10.2 Å². The molecule has 19 heavy (non-hydrogen) atoms. The van der Waals surface area contributed by atoms with Gasteiger partial charge in [0, 0.05) is 0 Å². The van der Waals surface area contributed by atoms with Gasteiger partial charge in [0.25, 0.3) is 0 Å². The zero-order valence-corrected chi connectivity index (χ0v) is 12.0. The van der Waals surface area contributed by atoms with Crippen LogP contribution in [0.4, 0.5) is 0 Å². The highest BCUT2D eigenvalue weighted by molar-refractivity contribution is 5.39. The van der Waals surface area contributed by atoms with Crippen molar-refractivity contribution in [2.45, 2.75) is 39.7 Å². The van der Waals surface area contributed by atoms with Gasteiger partial charge < -0.3 is 16.0 Å². The number of nitrogens with zero attached hydrogens (tertiary/aromatic N) is 1. The number of benzene rings is 1. The largest absolute Gasteiger partial charge is 0.384 e. The third kappa shape index (κ3) is 1.79. The summed E-state index contributed by atoms with van der Waals surface area (Å²) < 4.78 is 0. The van der Waals surface area contributed by atoms with Gasteiger partial charge in [-0.3, -0.25) is 0 Å². The highest BCUT2D eigenvalue weighted by Gasteiger charge is 2.44. The summed E-state index contributed by atoms with van der Waals surface area (Å²) in [6.07, 6.45) is 2.12. The van der Waals surface area contributed by atoms with Gasteiger partial charge in [-0.1, -0.05) is 45.0 Å². The molecule has 0 fully saturated rings. The second-order valence-corrected chi connectivity index (χ2v) is 6.29. The van der Waals surface area contributed by atoms with Crippen molar-refractivity contribution in [3.63, 3.8) is 0 Å². The maximum absolute atomic E-state index is 6.08. The number of hydrogen-bond donors (Lipinski definition) is 2. The standard InChI is InChI=1S/C16H23N3/c1-4-13-15(17)18-10-19(13)14-12-8-6-5-7-11(12)9-16(14,2)3/h5-8,14,18H,4,9-10,17H2,1-3H3. The molecule has 0 bridgehead atoms. The molecule has 1 aliphatic heterocycles. The minimum atomic E-state index is 0.246. The Hall–Kier alpha value is -1.64. The fourth-order valence-corrected chi connectivity index (χ4v) is 3.72. The van der Waals surface area contributed by atoms with Gasteiger partial charge in [0.05, 0.1) is 18.4 Å². The summed E-state index contributed by atoms with van der Waals surface area (Å²) in [4.78, 5) is 2.46. The van der Waals surface area contributed by atoms with Crippen molar-refractivity contribution < 1.29 is 0 Å². The van der Waals surface area contributed by atoms with Gasteiger partial charge in [0.2, 0.25) is 0 Å². The highest BCUT2D eigenvalue weighted by Crippen LogP contribution is 2.50. The Labute approximate surface area is 115 Å². The fraction of sp³-hybridized carbons (Fsp3) is 0.500. The third-order valence-corrected chi connectivity index (χ3v) is 4.48. The molecule has 0 amide bonds. The van der Waals surface area contributed by atoms with Crippen LogP contribution < -0.4 is 11.1 Å². The van der Waals surface area contributed by atoms with E-state index in [4.69, 9.17) is 5.73 Å². The van der Waals surface area contributed by atoms with Crippen LogP contribution in [-0.4, -0.2) is 11.6 Å². The second kappa shape index (κ2) is 4.19. The van der Waals surface area contributed by atoms with Gasteiger partial charge in [-0.2, -0.15) is 0 Å². The lowest BCUT2D eigenvalue weighted by molar-refractivity contribution is 0.140. The molecule has 2 aliphatic rings. The number of nitrogens with two attached hydrogens (primary N) is 1. The molecule has 1 heterocycles. The predicted molar refractivity (Wildman–Crippen MR) is 78.0 cm³/mol. The summed E-state index contributed by atoms with van der Waals surface area (Å²) in [5.41, 5.74) is 10.5. The van der Waals surface area contributed by atoms with Crippen LogP contribution in [0.25, 0.3) is 0 Å². The second-order valence-electron chi connectivity index (χ2n) is 6.29. The Morgan fingerprint density at radius 3 is 2.84 bits per heavy atom. The van der Waals surface area contributed by atoms with Crippen LogP contribution in [0, 0.1) is 5.41 Å². The minimum Gasteiger partial charge on any atom is -0.384 e. The molecule has 3 rings (SSSR count). The molecule has 3 nitrogen and oxygen atoms in total. The van der Waals surface area contributed by atoms with Crippen molar-refractivity contribution in [3.8, 4) is 0 Å². The van der Waals surface area contributed by atoms with E-state index in [1.165, 1.54) is 16.8 Å². The van der Waals surface area contributed by atoms with Crippen LogP contribution in [0.2, 0.25) is 0 Å². The van der Waals surface area contributed by atoms with Gasteiger partial charge in [-0.15, -0.1) is 0 Å². The zero-order chi connectivity index (χ0) is 13.6. The molecule has 0 saturated heterocycles. The van der Waals surface area contributed by atoms with Crippen LogP contribution in [0.5, 0.6) is 0 Å². The van der Waals surface area contributed by atoms with Crippen molar-refractivity contribution in [2.75, 3.05) is 6.67 Å². The average Bonchev–Trinajstić information content (AvgIpc) is 2.84. The van der Waals surface area contributed by atoms with E-state index in [1.807, 2.05) is 0 Å². The third-order valence-electron chi connectivity index (χ3n) is 4.48. The van der Waals surface area contributed by atoms with Crippen molar-refractivity contribution in [3.05, 3.63) is 46.9 Å². The molecule has 1 atom stereocenters. The quantitative estimate of drug-likeness (QED) is 0.856. The van der Waals surface area contributed by atoms with Crippen molar-refractivity contribution in [2.24, 2.45) is 11.1 Å². The molecule has 102 valence electrons. The predicted octanol–water partition coefficient (Wildman–Crippen LogP) is 2.71. The molecule has 3 heteroatoms. The Balaban J connectivity index is 2.05. The number of allylic oxidation sites excluding steroid dienone is 1. The number of rotatable bonds is 2. The SMILES string of the molecule is CCC1=C(N)NCN1C1c2ccccc2CC1(C)C. The maximum Gasteiger partial charge on any atom is 0.117 e. The van der Waals surface area contributed by atoms with E-state index in [0.29, 0.717) is 6.04 Å². The molecular weight excluding hydrogens is 234 g/mol. The summed E-state index contributed by atoms with van der Waals surface area (Å²) in [5, 5.41) is 3.30. The van der Waals surface area contributed by atoms with Gasteiger partial charge >= 0.3 is 0 Å². The smallest absolute Gasteiger partial charge is 0.117 e. The monoisotopic (exact) mass is 257 g/mol. The molecule has 0 radical (unpaired) electrons. The van der Waals surface area contributed by atoms with Gasteiger partial charge in [-0.25, -0.2) is 0 Å². The van der Waals surface area contributed by atoms with Crippen molar-refractivity contribution >= 4 is 0 Å². The van der Waals surface area contributed by atoms with Crippen molar-refractivity contribution in [1.29, 1.82) is 0 Å². The summed E-state index contributed by atoms with van der Waals surface area (Å²) in [7, 11) is 0. The summed E-state index contributed by atoms with van der Waals surface area (Å²) in [6.45, 7) is 7.73. The normalized spacial score (nSPS) is 24.6. The van der Waals surface area contributed by atoms with Crippen LogP contribution in [0.3, 0.4) is 0 Å². The molecule has 3 N–H and O–H groups in total. The number of nitrogens with one attached hydrogen (secondary N) is 1. The van der Waals surface area contributed by atoms with Crippen LogP contribution in [-0.2, 0) is 6.42 Å². The number of hydrogen-bond acceptors (Lipinski definition) is 3. The molecule has 0 saturated carbocycles. The molecule has 0 aromatic heterocycles. The lowest BCUT2D eigenvalue weighted by atomic mass is 9.84. The summed E-state index contributed by atoms with van der Waals surface area (Å²) in [6, 6.07) is 9.25. The van der Waals surface area contributed by atoms with Gasteiger partial charge in [0.1, 0.15) is 5.82 Å². The highest BCUT2D eigenvalue weighted by atomic mass is 15.3. The van der Waals surface area contributed by atoms with E-state index in [1.54, 1.807) is 0 Å². The summed E-state index contributed by atoms with van der Waals surface area (Å²) >= 11 is 0. The van der Waals surface area contributed by atoms with E-state index in [2.05, 4.69) is 55.3 Å². The number of fused-ring (bicyclic) bond motifs is 1. The van der Waals surface area contributed by atoms with E-state index >= 15 is 0 Å². The Morgan fingerprint density at radius 2 is 2.11 bits per heavy atom. The lowest BCUT2D eigenvalue weighted by Gasteiger charge is -2.37. The topological polar surface area (TPSA) is 41.3 Å².